The number of benzene rings is 2. The summed E-state index contributed by atoms with van der Waals surface area (Å²) in [5.41, 5.74) is -1.88. The Morgan fingerprint density at radius 2 is 1.50 bits per heavy atom. The van der Waals surface area contributed by atoms with Crippen molar-refractivity contribution in [3.05, 3.63) is 64.7 Å². The summed E-state index contributed by atoms with van der Waals surface area (Å²) in [6, 6.07) is 6.68. The van der Waals surface area contributed by atoms with E-state index in [2.05, 4.69) is 0 Å². The number of halogens is 6. The lowest BCUT2D eigenvalue weighted by Gasteiger charge is -2.15. The summed E-state index contributed by atoms with van der Waals surface area (Å²) in [5.74, 6) is -0.506. The van der Waals surface area contributed by atoms with Gasteiger partial charge in [0.25, 0.3) is 0 Å². The molecular weight excluding hydrogens is 338 g/mol. The van der Waals surface area contributed by atoms with Crippen molar-refractivity contribution in [2.24, 2.45) is 0 Å². The molecule has 0 heterocycles. The average molecular weight is 348 g/mol. The first-order valence-electron chi connectivity index (χ1n) is 6.56. The van der Waals surface area contributed by atoms with Crippen LogP contribution in [-0.4, -0.2) is 6.29 Å². The van der Waals surface area contributed by atoms with Gasteiger partial charge in [-0.15, -0.1) is 0 Å². The number of carbonyl (C=O) groups is 1. The van der Waals surface area contributed by atoms with E-state index in [0.717, 1.165) is 36.4 Å². The molecule has 2 aromatic rings. The molecule has 0 radical (unpaired) electrons. The molecule has 0 saturated heterocycles. The second kappa shape index (κ2) is 6.54. The molecule has 0 fully saturated rings. The maximum atomic E-state index is 13.0. The fourth-order valence-electron chi connectivity index (χ4n) is 1.92. The lowest BCUT2D eigenvalue weighted by molar-refractivity contribution is -0.139. The highest BCUT2D eigenvalue weighted by atomic mass is 19.4. The standard InChI is InChI=1S/C16H10F6O2/c17-15(18,19)12-4-1-10(2-5-12)9-24-14-6-3-11(8-23)7-13(14)16(20,21)22/h1-8H,9H2. The quantitative estimate of drug-likeness (QED) is 0.567. The Bertz CT molecular complexity index is 717. The minimum atomic E-state index is -4.73. The Morgan fingerprint density at radius 1 is 0.875 bits per heavy atom. The predicted molar refractivity (Wildman–Crippen MR) is 72.6 cm³/mol. The van der Waals surface area contributed by atoms with E-state index in [1.165, 1.54) is 0 Å². The molecule has 0 amide bonds. The summed E-state index contributed by atoms with van der Waals surface area (Å²) < 4.78 is 81.2. The first-order chi connectivity index (χ1) is 11.1. The zero-order valence-corrected chi connectivity index (χ0v) is 11.9. The Labute approximate surface area is 132 Å². The highest BCUT2D eigenvalue weighted by Gasteiger charge is 2.35. The number of carbonyl (C=O) groups excluding carboxylic acids is 1. The van der Waals surface area contributed by atoms with Crippen molar-refractivity contribution >= 4 is 6.29 Å². The fourth-order valence-corrected chi connectivity index (χ4v) is 1.92. The molecule has 0 atom stereocenters. The predicted octanol–water partition coefficient (Wildman–Crippen LogP) is 5.12. The largest absolute Gasteiger partial charge is 0.488 e. The van der Waals surface area contributed by atoms with Gasteiger partial charge in [0.15, 0.2) is 0 Å². The summed E-state index contributed by atoms with van der Waals surface area (Å²) in [6.07, 6.45) is -8.95. The van der Waals surface area contributed by atoms with E-state index in [0.29, 0.717) is 6.07 Å². The average Bonchev–Trinajstić information content (AvgIpc) is 2.51. The molecule has 2 aromatic carbocycles. The van der Waals surface area contributed by atoms with E-state index in [9.17, 15) is 31.1 Å². The number of alkyl halides is 6. The molecule has 0 aliphatic heterocycles. The van der Waals surface area contributed by atoms with E-state index >= 15 is 0 Å². The van der Waals surface area contributed by atoms with Gasteiger partial charge >= 0.3 is 12.4 Å². The van der Waals surface area contributed by atoms with Gasteiger partial charge in [0.1, 0.15) is 18.6 Å². The molecule has 2 nitrogen and oxygen atoms in total. The van der Waals surface area contributed by atoms with E-state index in [1.54, 1.807) is 0 Å². The molecule has 8 heteroatoms. The Morgan fingerprint density at radius 3 is 2.00 bits per heavy atom. The number of aldehydes is 1. The molecule has 24 heavy (non-hydrogen) atoms. The van der Waals surface area contributed by atoms with Gasteiger partial charge in [-0.2, -0.15) is 26.3 Å². The van der Waals surface area contributed by atoms with Crippen molar-refractivity contribution < 1.29 is 35.9 Å². The summed E-state index contributed by atoms with van der Waals surface area (Å²) in [7, 11) is 0. The van der Waals surface area contributed by atoms with Gasteiger partial charge in [0.2, 0.25) is 0 Å². The smallest absolute Gasteiger partial charge is 0.419 e. The Balaban J connectivity index is 2.19. The third-order valence-electron chi connectivity index (χ3n) is 3.12. The van der Waals surface area contributed by atoms with Crippen LogP contribution in [-0.2, 0) is 19.0 Å². The molecule has 0 spiro atoms. The summed E-state index contributed by atoms with van der Waals surface area (Å²) in [5, 5.41) is 0. The summed E-state index contributed by atoms with van der Waals surface area (Å²) in [4.78, 5) is 10.6. The van der Waals surface area contributed by atoms with Gasteiger partial charge in [-0.1, -0.05) is 12.1 Å². The Kier molecular flexibility index (Phi) is 4.86. The van der Waals surface area contributed by atoms with Gasteiger partial charge in [-0.3, -0.25) is 4.79 Å². The van der Waals surface area contributed by atoms with Gasteiger partial charge in [-0.05, 0) is 35.9 Å². The lowest BCUT2D eigenvalue weighted by atomic mass is 10.1. The molecule has 0 N–H and O–H groups in total. The topological polar surface area (TPSA) is 26.3 Å². The molecule has 0 aliphatic rings. The zero-order chi connectivity index (χ0) is 18.0. The van der Waals surface area contributed by atoms with E-state index in [-0.39, 0.29) is 24.0 Å². The highest BCUT2D eigenvalue weighted by molar-refractivity contribution is 5.75. The second-order valence-electron chi connectivity index (χ2n) is 4.85. The first-order valence-corrected chi connectivity index (χ1v) is 6.56. The molecule has 0 aliphatic carbocycles. The zero-order valence-electron chi connectivity index (χ0n) is 11.9. The van der Waals surface area contributed by atoms with Crippen LogP contribution in [0.3, 0.4) is 0 Å². The minimum Gasteiger partial charge on any atom is -0.488 e. The van der Waals surface area contributed by atoms with Crippen LogP contribution in [0.1, 0.15) is 27.0 Å². The van der Waals surface area contributed by atoms with Crippen LogP contribution in [0, 0.1) is 0 Å². The number of hydrogen-bond acceptors (Lipinski definition) is 2. The number of ether oxygens (including phenoxy) is 1. The van der Waals surface area contributed by atoms with Crippen LogP contribution in [0.15, 0.2) is 42.5 Å². The Hall–Kier alpha value is -2.51. The fraction of sp³-hybridized carbons (Fsp3) is 0.188. The number of hydrogen-bond donors (Lipinski definition) is 0. The summed E-state index contributed by atoms with van der Waals surface area (Å²) >= 11 is 0. The third-order valence-corrected chi connectivity index (χ3v) is 3.12. The molecule has 0 unspecified atom stereocenters. The third kappa shape index (κ3) is 4.27. The van der Waals surface area contributed by atoms with E-state index in [1.807, 2.05) is 0 Å². The van der Waals surface area contributed by atoms with Crippen molar-refractivity contribution in [3.63, 3.8) is 0 Å². The van der Waals surface area contributed by atoms with Crippen LogP contribution < -0.4 is 4.74 Å². The van der Waals surface area contributed by atoms with Gasteiger partial charge in [0.05, 0.1) is 11.1 Å². The van der Waals surface area contributed by atoms with Crippen LogP contribution in [0.25, 0.3) is 0 Å². The summed E-state index contributed by atoms with van der Waals surface area (Å²) in [6.45, 7) is -0.346. The van der Waals surface area contributed by atoms with Crippen LogP contribution in [0.4, 0.5) is 26.3 Å². The maximum absolute atomic E-state index is 13.0. The molecule has 0 saturated carbocycles. The van der Waals surface area contributed by atoms with E-state index < -0.39 is 29.2 Å². The van der Waals surface area contributed by atoms with Crippen LogP contribution in [0.2, 0.25) is 0 Å². The van der Waals surface area contributed by atoms with Gasteiger partial charge in [0, 0.05) is 5.56 Å². The van der Waals surface area contributed by atoms with Crippen molar-refractivity contribution in [2.45, 2.75) is 19.0 Å². The number of rotatable bonds is 4. The van der Waals surface area contributed by atoms with E-state index in [4.69, 9.17) is 4.74 Å². The molecule has 0 bridgehead atoms. The van der Waals surface area contributed by atoms with Crippen molar-refractivity contribution in [1.29, 1.82) is 0 Å². The van der Waals surface area contributed by atoms with Crippen molar-refractivity contribution in [1.82, 2.24) is 0 Å². The molecule has 0 aromatic heterocycles. The normalized spacial score (nSPS) is 12.1. The molecule has 128 valence electrons. The van der Waals surface area contributed by atoms with Gasteiger partial charge < -0.3 is 4.74 Å². The highest BCUT2D eigenvalue weighted by Crippen LogP contribution is 2.37. The lowest BCUT2D eigenvalue weighted by Crippen LogP contribution is -2.10. The van der Waals surface area contributed by atoms with Crippen LogP contribution >= 0.6 is 0 Å². The minimum absolute atomic E-state index is 0.163. The van der Waals surface area contributed by atoms with Crippen molar-refractivity contribution in [3.8, 4) is 5.75 Å². The monoisotopic (exact) mass is 348 g/mol. The van der Waals surface area contributed by atoms with Crippen molar-refractivity contribution in [2.75, 3.05) is 0 Å². The van der Waals surface area contributed by atoms with Crippen LogP contribution in [0.5, 0.6) is 5.75 Å². The maximum Gasteiger partial charge on any atom is 0.419 e. The molecule has 2 rings (SSSR count). The molecular formula is C16H10F6O2. The SMILES string of the molecule is O=Cc1ccc(OCc2ccc(C(F)(F)F)cc2)c(C(F)(F)F)c1. The second-order valence-corrected chi connectivity index (χ2v) is 4.85. The van der Waals surface area contributed by atoms with Gasteiger partial charge in [-0.25, -0.2) is 0 Å². The first kappa shape index (κ1) is 17.8.